The van der Waals surface area contributed by atoms with E-state index in [0.29, 0.717) is 18.2 Å². The maximum Gasteiger partial charge on any atom is 0.347 e. The zero-order chi connectivity index (χ0) is 22.3. The van der Waals surface area contributed by atoms with Crippen LogP contribution in [0.4, 0.5) is 0 Å². The van der Waals surface area contributed by atoms with Crippen molar-refractivity contribution in [3.05, 3.63) is 60.0 Å². The van der Waals surface area contributed by atoms with Gasteiger partial charge in [-0.3, -0.25) is 0 Å². The highest BCUT2D eigenvalue weighted by Gasteiger charge is 2.29. The van der Waals surface area contributed by atoms with E-state index in [9.17, 15) is 9.90 Å². The van der Waals surface area contributed by atoms with Gasteiger partial charge in [-0.25, -0.2) is 9.78 Å². The van der Waals surface area contributed by atoms with Gasteiger partial charge in [0.15, 0.2) is 11.2 Å². The van der Waals surface area contributed by atoms with Gasteiger partial charge in [0, 0.05) is 6.54 Å². The van der Waals surface area contributed by atoms with Gasteiger partial charge in [-0.2, -0.15) is 0 Å². The first-order chi connectivity index (χ1) is 14.9. The Morgan fingerprint density at radius 2 is 1.97 bits per heavy atom. The number of nitrogens with one attached hydrogen (secondary N) is 1. The third-order valence-corrected chi connectivity index (χ3v) is 5.29. The van der Waals surface area contributed by atoms with E-state index in [1.165, 1.54) is 19.3 Å². The average Bonchev–Trinajstić information content (AvgIpc) is 3.17. The van der Waals surface area contributed by atoms with Crippen molar-refractivity contribution >= 4 is 17.1 Å². The number of hydrogen-bond donors (Lipinski definition) is 2. The van der Waals surface area contributed by atoms with Crippen molar-refractivity contribution in [1.82, 2.24) is 10.3 Å². The molecule has 6 heteroatoms. The maximum absolute atomic E-state index is 11.3. The highest BCUT2D eigenvalue weighted by atomic mass is 16.5. The Kier molecular flexibility index (Phi) is 7.69. The number of unbranched alkanes of at least 4 members (excludes halogenated alkanes) is 3. The summed E-state index contributed by atoms with van der Waals surface area (Å²) in [4.78, 5) is 16.0. The smallest absolute Gasteiger partial charge is 0.347 e. The van der Waals surface area contributed by atoms with Crippen molar-refractivity contribution in [1.29, 1.82) is 0 Å². The summed E-state index contributed by atoms with van der Waals surface area (Å²) in [5.41, 5.74) is 1.38. The molecule has 0 aliphatic heterocycles. The third-order valence-electron chi connectivity index (χ3n) is 5.29. The van der Waals surface area contributed by atoms with Crippen LogP contribution in [-0.2, 0) is 11.3 Å². The predicted molar refractivity (Wildman–Crippen MR) is 121 cm³/mol. The fraction of sp³-hybridized carbons (Fsp3) is 0.440. The van der Waals surface area contributed by atoms with E-state index in [4.69, 9.17) is 14.1 Å². The molecule has 2 N–H and O–H groups in total. The van der Waals surface area contributed by atoms with Gasteiger partial charge in [-0.1, -0.05) is 56.9 Å². The molecule has 0 radical (unpaired) electrons. The Morgan fingerprint density at radius 3 is 2.71 bits per heavy atom. The average molecular weight is 425 g/mol. The van der Waals surface area contributed by atoms with Gasteiger partial charge in [0.1, 0.15) is 11.3 Å². The van der Waals surface area contributed by atoms with Gasteiger partial charge in [-0.15, -0.1) is 0 Å². The summed E-state index contributed by atoms with van der Waals surface area (Å²) < 4.78 is 11.7. The number of hydrogen-bond acceptors (Lipinski definition) is 5. The summed E-state index contributed by atoms with van der Waals surface area (Å²) in [6, 6.07) is 15.3. The van der Waals surface area contributed by atoms with E-state index in [-0.39, 0.29) is 6.04 Å². The van der Waals surface area contributed by atoms with E-state index < -0.39 is 11.6 Å². The molecule has 0 aliphatic carbocycles. The van der Waals surface area contributed by atoms with Crippen molar-refractivity contribution < 1.29 is 19.1 Å². The van der Waals surface area contributed by atoms with E-state index >= 15 is 0 Å². The second-order valence-corrected chi connectivity index (χ2v) is 8.37. The van der Waals surface area contributed by atoms with Crippen LogP contribution in [0, 0.1) is 0 Å². The SMILES string of the molecule is CCCCCCC(NCc1cccc(OC(C)(C)C(=O)O)c1)c1nc2ccccc2o1. The third kappa shape index (κ3) is 6.31. The Morgan fingerprint density at radius 1 is 1.16 bits per heavy atom. The van der Waals surface area contributed by atoms with Crippen LogP contribution in [-0.4, -0.2) is 21.7 Å². The molecule has 3 aromatic rings. The van der Waals surface area contributed by atoms with E-state index in [2.05, 4.69) is 12.2 Å². The van der Waals surface area contributed by atoms with Crippen molar-refractivity contribution in [2.24, 2.45) is 0 Å². The van der Waals surface area contributed by atoms with Crippen LogP contribution in [0.5, 0.6) is 5.75 Å². The van der Waals surface area contributed by atoms with Crippen LogP contribution in [0.1, 0.15) is 70.4 Å². The second-order valence-electron chi connectivity index (χ2n) is 8.37. The molecule has 0 saturated heterocycles. The number of aromatic nitrogens is 1. The first-order valence-electron chi connectivity index (χ1n) is 11.0. The van der Waals surface area contributed by atoms with Crippen LogP contribution in [0.25, 0.3) is 11.1 Å². The van der Waals surface area contributed by atoms with Gasteiger partial charge in [0.05, 0.1) is 6.04 Å². The lowest BCUT2D eigenvalue weighted by Gasteiger charge is -2.22. The van der Waals surface area contributed by atoms with Crippen molar-refractivity contribution in [3.8, 4) is 5.75 Å². The minimum absolute atomic E-state index is 0.00397. The van der Waals surface area contributed by atoms with Crippen molar-refractivity contribution in [2.75, 3.05) is 0 Å². The standard InChI is InChI=1S/C25H32N2O4/c1-4-5-6-7-14-21(23-27-20-13-8-9-15-22(20)30-23)26-17-18-11-10-12-19(16-18)31-25(2,3)24(28)29/h8-13,15-16,21,26H,4-7,14,17H2,1-3H3,(H,28,29). The molecule has 0 fully saturated rings. The summed E-state index contributed by atoms with van der Waals surface area (Å²) in [6.45, 7) is 5.89. The molecule has 0 amide bonds. The first-order valence-corrected chi connectivity index (χ1v) is 11.0. The summed E-state index contributed by atoms with van der Waals surface area (Å²) in [6.07, 6.45) is 5.64. The van der Waals surface area contributed by atoms with Crippen LogP contribution in [0.15, 0.2) is 52.9 Å². The number of ether oxygens (including phenoxy) is 1. The largest absolute Gasteiger partial charge is 0.478 e. The van der Waals surface area contributed by atoms with E-state index in [1.54, 1.807) is 19.9 Å². The predicted octanol–water partition coefficient (Wildman–Crippen LogP) is 5.87. The molecule has 6 nitrogen and oxygen atoms in total. The molecule has 0 aliphatic rings. The highest BCUT2D eigenvalue weighted by Crippen LogP contribution is 2.25. The lowest BCUT2D eigenvalue weighted by atomic mass is 10.1. The summed E-state index contributed by atoms with van der Waals surface area (Å²) in [7, 11) is 0. The van der Waals surface area contributed by atoms with Gasteiger partial charge in [-0.05, 0) is 50.1 Å². The second kappa shape index (κ2) is 10.4. The molecule has 2 aromatic carbocycles. The zero-order valence-corrected chi connectivity index (χ0v) is 18.6. The van der Waals surface area contributed by atoms with Gasteiger partial charge in [0.25, 0.3) is 0 Å². The molecule has 31 heavy (non-hydrogen) atoms. The fourth-order valence-corrected chi connectivity index (χ4v) is 3.43. The zero-order valence-electron chi connectivity index (χ0n) is 18.6. The van der Waals surface area contributed by atoms with Crippen LogP contribution in [0.2, 0.25) is 0 Å². The lowest BCUT2D eigenvalue weighted by Crippen LogP contribution is -2.37. The fourth-order valence-electron chi connectivity index (χ4n) is 3.43. The molecular weight excluding hydrogens is 392 g/mol. The molecule has 166 valence electrons. The van der Waals surface area contributed by atoms with Crippen LogP contribution < -0.4 is 10.1 Å². The minimum atomic E-state index is -1.29. The quantitative estimate of drug-likeness (QED) is 0.354. The van der Waals surface area contributed by atoms with Gasteiger partial charge >= 0.3 is 5.97 Å². The maximum atomic E-state index is 11.3. The van der Waals surface area contributed by atoms with E-state index in [1.807, 2.05) is 42.5 Å². The number of para-hydroxylation sites is 2. The molecule has 0 spiro atoms. The van der Waals surface area contributed by atoms with Gasteiger partial charge < -0.3 is 19.6 Å². The molecule has 1 unspecified atom stereocenters. The van der Waals surface area contributed by atoms with Gasteiger partial charge in [0.2, 0.25) is 5.89 Å². The Hall–Kier alpha value is -2.86. The molecule has 1 aromatic heterocycles. The normalized spacial score (nSPS) is 12.7. The van der Waals surface area contributed by atoms with Crippen LogP contribution >= 0.6 is 0 Å². The minimum Gasteiger partial charge on any atom is -0.478 e. The van der Waals surface area contributed by atoms with Crippen LogP contribution in [0.3, 0.4) is 0 Å². The Bertz CT molecular complexity index is 963. The topological polar surface area (TPSA) is 84.6 Å². The Balaban J connectivity index is 1.71. The lowest BCUT2D eigenvalue weighted by molar-refractivity contribution is -0.152. The molecule has 0 bridgehead atoms. The molecule has 3 rings (SSSR count). The molecular formula is C25H32N2O4. The number of carboxylic acid groups (broad SMARTS) is 1. The molecule has 1 heterocycles. The van der Waals surface area contributed by atoms with E-state index in [0.717, 1.165) is 29.5 Å². The van der Waals surface area contributed by atoms with Crippen molar-refractivity contribution in [2.45, 2.75) is 71.1 Å². The number of rotatable bonds is 12. The Labute approximate surface area is 183 Å². The first kappa shape index (κ1) is 22.8. The summed E-state index contributed by atoms with van der Waals surface area (Å²) in [5.74, 6) is 0.240. The number of carbonyl (C=O) groups is 1. The summed E-state index contributed by atoms with van der Waals surface area (Å²) >= 11 is 0. The molecule has 1 atom stereocenters. The number of carboxylic acids is 1. The number of oxazole rings is 1. The number of benzene rings is 2. The highest BCUT2D eigenvalue weighted by molar-refractivity contribution is 5.76. The monoisotopic (exact) mass is 424 g/mol. The number of aliphatic carboxylic acids is 1. The number of nitrogens with zero attached hydrogens (tertiary/aromatic N) is 1. The number of fused-ring (bicyclic) bond motifs is 1. The molecule has 0 saturated carbocycles. The summed E-state index contributed by atoms with van der Waals surface area (Å²) in [5, 5.41) is 12.9. The van der Waals surface area contributed by atoms with Crippen molar-refractivity contribution in [3.63, 3.8) is 0 Å².